The molecule has 0 bridgehead atoms. The van der Waals surface area contributed by atoms with Gasteiger partial charge in [-0.2, -0.15) is 5.10 Å². The Balaban J connectivity index is 0.000000315. The highest BCUT2D eigenvalue weighted by Crippen LogP contribution is 2.03. The van der Waals surface area contributed by atoms with Crippen LogP contribution >= 0.6 is 23.2 Å². The molecule has 0 atom stereocenters. The molecule has 0 amide bonds. The number of ketones is 1. The van der Waals surface area contributed by atoms with Crippen molar-refractivity contribution in [2.75, 3.05) is 6.61 Å². The molecule has 0 N–H and O–H groups in total. The molecule has 1 rings (SSSR count). The van der Waals surface area contributed by atoms with Crippen molar-refractivity contribution in [2.45, 2.75) is 11.8 Å². The summed E-state index contributed by atoms with van der Waals surface area (Å²) >= 11 is 10.4. The van der Waals surface area contributed by atoms with Gasteiger partial charge in [0.2, 0.25) is 0 Å². The van der Waals surface area contributed by atoms with Crippen LogP contribution in [0.3, 0.4) is 0 Å². The summed E-state index contributed by atoms with van der Waals surface area (Å²) in [5.41, 5.74) is 0. The van der Waals surface area contributed by atoms with Gasteiger partial charge in [0, 0.05) is 25.5 Å². The van der Waals surface area contributed by atoms with Crippen molar-refractivity contribution >= 4 is 29.0 Å². The topological polar surface area (TPSA) is 44.1 Å². The third-order valence-corrected chi connectivity index (χ3v) is 1.78. The molecule has 1 heterocycles. The van der Waals surface area contributed by atoms with E-state index in [1.807, 2.05) is 26.2 Å². The molecule has 16 heavy (non-hydrogen) atoms. The van der Waals surface area contributed by atoms with Crippen molar-refractivity contribution in [2.24, 2.45) is 7.05 Å². The summed E-state index contributed by atoms with van der Waals surface area (Å²) in [7, 11) is 1.89. The van der Waals surface area contributed by atoms with Crippen LogP contribution in [0.4, 0.5) is 0 Å². The zero-order chi connectivity index (χ0) is 12.4. The number of nitrogens with zero attached hydrogens (tertiary/aromatic N) is 2. The van der Waals surface area contributed by atoms with Gasteiger partial charge >= 0.3 is 0 Å². The first-order valence-corrected chi connectivity index (χ1v) is 5.49. The quantitative estimate of drug-likeness (QED) is 0.476. The van der Waals surface area contributed by atoms with Crippen LogP contribution in [-0.4, -0.2) is 27.0 Å². The van der Waals surface area contributed by atoms with Gasteiger partial charge in [-0.05, 0) is 13.0 Å². The number of aryl methyl sites for hydroxylation is 1. The summed E-state index contributed by atoms with van der Waals surface area (Å²) in [6.07, 6.45) is 6.12. The van der Waals surface area contributed by atoms with E-state index < -0.39 is 4.84 Å². The first-order valence-electron chi connectivity index (χ1n) is 4.61. The molecule has 0 radical (unpaired) electrons. The molecule has 0 unspecified atom stereocenters. The van der Waals surface area contributed by atoms with E-state index in [2.05, 4.69) is 5.10 Å². The Morgan fingerprint density at radius 1 is 1.62 bits per heavy atom. The number of halogens is 2. The average molecular weight is 265 g/mol. The van der Waals surface area contributed by atoms with Gasteiger partial charge in [-0.1, -0.05) is 23.2 Å². The minimum Gasteiger partial charge on any atom is -0.501 e. The molecule has 0 aliphatic carbocycles. The number of aromatic nitrogens is 2. The fourth-order valence-electron chi connectivity index (χ4n) is 0.629. The average Bonchev–Trinajstić information content (AvgIpc) is 2.70. The van der Waals surface area contributed by atoms with Crippen LogP contribution in [0.2, 0.25) is 0 Å². The molecule has 0 aliphatic rings. The van der Waals surface area contributed by atoms with Gasteiger partial charge in [0.25, 0.3) is 0 Å². The van der Waals surface area contributed by atoms with E-state index in [0.717, 1.165) is 0 Å². The van der Waals surface area contributed by atoms with Crippen molar-refractivity contribution in [3.8, 4) is 0 Å². The minimum atomic E-state index is -0.989. The third kappa shape index (κ3) is 8.32. The lowest BCUT2D eigenvalue weighted by Crippen LogP contribution is -2.02. The van der Waals surface area contributed by atoms with E-state index in [1.165, 1.54) is 12.3 Å². The maximum atomic E-state index is 10.6. The highest BCUT2D eigenvalue weighted by Gasteiger charge is 2.05. The molecule has 0 saturated carbocycles. The van der Waals surface area contributed by atoms with E-state index in [4.69, 9.17) is 27.9 Å². The summed E-state index contributed by atoms with van der Waals surface area (Å²) in [6, 6.07) is 1.89. The maximum Gasteiger partial charge on any atom is 0.191 e. The Kier molecular flexibility index (Phi) is 8.66. The number of carbonyl (C=O) groups excluding carboxylic acids is 1. The molecule has 0 aromatic carbocycles. The largest absolute Gasteiger partial charge is 0.501 e. The van der Waals surface area contributed by atoms with Crippen molar-refractivity contribution in [3.63, 3.8) is 0 Å². The number of rotatable bonds is 4. The minimum absolute atomic E-state index is 0.364. The highest BCUT2D eigenvalue weighted by atomic mass is 35.5. The van der Waals surface area contributed by atoms with Gasteiger partial charge in [-0.3, -0.25) is 9.48 Å². The lowest BCUT2D eigenvalue weighted by molar-refractivity contribution is -0.113. The van der Waals surface area contributed by atoms with Gasteiger partial charge in [0.15, 0.2) is 10.6 Å². The molecule has 4 nitrogen and oxygen atoms in total. The first kappa shape index (κ1) is 15.0. The van der Waals surface area contributed by atoms with Crippen LogP contribution in [0.5, 0.6) is 0 Å². The molecule has 0 fully saturated rings. The highest BCUT2D eigenvalue weighted by molar-refractivity contribution is 6.54. The normalized spacial score (nSPS) is 10.1. The van der Waals surface area contributed by atoms with Crippen molar-refractivity contribution in [1.29, 1.82) is 0 Å². The third-order valence-electron chi connectivity index (χ3n) is 1.35. The first-order chi connectivity index (χ1) is 7.57. The molecular formula is C10H14Cl2N2O2. The Morgan fingerprint density at radius 3 is 2.62 bits per heavy atom. The number of carbonyl (C=O) groups is 1. The van der Waals surface area contributed by atoms with Crippen LogP contribution in [0.1, 0.15) is 6.92 Å². The van der Waals surface area contributed by atoms with Gasteiger partial charge in [0.05, 0.1) is 12.9 Å². The Hall–Kier alpha value is -1.00. The monoisotopic (exact) mass is 264 g/mol. The van der Waals surface area contributed by atoms with Gasteiger partial charge in [-0.25, -0.2) is 0 Å². The molecule has 1 aromatic rings. The Labute approximate surface area is 105 Å². The lowest BCUT2D eigenvalue weighted by atomic mass is 10.4. The van der Waals surface area contributed by atoms with E-state index in [-0.39, 0.29) is 5.78 Å². The maximum absolute atomic E-state index is 10.6. The molecule has 0 aliphatic heterocycles. The van der Waals surface area contributed by atoms with Crippen molar-refractivity contribution in [3.05, 3.63) is 30.8 Å². The van der Waals surface area contributed by atoms with E-state index in [0.29, 0.717) is 6.61 Å². The number of allylic oxidation sites excluding steroid dienone is 1. The Morgan fingerprint density at radius 2 is 2.31 bits per heavy atom. The van der Waals surface area contributed by atoms with Crippen molar-refractivity contribution in [1.82, 2.24) is 9.78 Å². The van der Waals surface area contributed by atoms with Crippen LogP contribution in [0, 0.1) is 0 Å². The number of alkyl halides is 2. The Bertz CT molecular complexity index is 311. The fourth-order valence-corrected chi connectivity index (χ4v) is 0.775. The van der Waals surface area contributed by atoms with E-state index in [1.54, 1.807) is 10.9 Å². The number of hydrogen-bond acceptors (Lipinski definition) is 3. The lowest BCUT2D eigenvalue weighted by Gasteiger charge is -1.93. The smallest absolute Gasteiger partial charge is 0.191 e. The zero-order valence-electron chi connectivity index (χ0n) is 9.14. The standard InChI is InChI=1S/C6H8Cl2O2.C4H6N2/c1-2-10-4-3-5(9)6(7)8;1-6-4-2-3-5-6/h3-4,6H,2H2,1H3;2-4H,1H3. The zero-order valence-corrected chi connectivity index (χ0v) is 10.6. The van der Waals surface area contributed by atoms with E-state index >= 15 is 0 Å². The number of ether oxygens (including phenoxy) is 1. The summed E-state index contributed by atoms with van der Waals surface area (Å²) < 4.78 is 6.49. The molecule has 6 heteroatoms. The second kappa shape index (κ2) is 9.24. The van der Waals surface area contributed by atoms with Gasteiger partial charge in [0.1, 0.15) is 0 Å². The SMILES string of the molecule is CCOC=CC(=O)C(Cl)Cl.Cn1cccn1. The second-order valence-corrected chi connectivity index (χ2v) is 3.74. The van der Waals surface area contributed by atoms with E-state index in [9.17, 15) is 4.79 Å². The fraction of sp³-hybridized carbons (Fsp3) is 0.400. The van der Waals surface area contributed by atoms with Gasteiger partial charge < -0.3 is 4.74 Å². The predicted octanol–water partition coefficient (Wildman–Crippen LogP) is 2.33. The van der Waals surface area contributed by atoms with Crippen LogP contribution in [-0.2, 0) is 16.6 Å². The molecule has 1 aromatic heterocycles. The van der Waals surface area contributed by atoms with Crippen molar-refractivity contribution < 1.29 is 9.53 Å². The summed E-state index contributed by atoms with van der Waals surface area (Å²) in [4.78, 5) is 9.60. The number of hydrogen-bond donors (Lipinski definition) is 0. The second-order valence-electron chi connectivity index (χ2n) is 2.64. The molecule has 0 spiro atoms. The van der Waals surface area contributed by atoms with Gasteiger partial charge in [-0.15, -0.1) is 0 Å². The molecule has 90 valence electrons. The summed E-state index contributed by atoms with van der Waals surface area (Å²) in [5.74, 6) is -0.364. The van der Waals surface area contributed by atoms with Crippen LogP contribution in [0.15, 0.2) is 30.8 Å². The summed E-state index contributed by atoms with van der Waals surface area (Å²) in [6.45, 7) is 2.34. The summed E-state index contributed by atoms with van der Waals surface area (Å²) in [5, 5.41) is 3.83. The van der Waals surface area contributed by atoms with Crippen LogP contribution < -0.4 is 0 Å². The molecule has 0 saturated heterocycles. The van der Waals surface area contributed by atoms with Crippen LogP contribution in [0.25, 0.3) is 0 Å². The predicted molar refractivity (Wildman–Crippen MR) is 64.5 cm³/mol. The molecular weight excluding hydrogens is 251 g/mol.